The minimum atomic E-state index is -3.12. The number of hydrogen-bond donors (Lipinski definition) is 0. The van der Waals surface area contributed by atoms with Crippen LogP contribution in [0.4, 0.5) is 0 Å². The molecule has 0 N–H and O–H groups in total. The third kappa shape index (κ3) is 2.07. The van der Waals surface area contributed by atoms with Gasteiger partial charge < -0.3 is 0 Å². The summed E-state index contributed by atoms with van der Waals surface area (Å²) in [6.07, 6.45) is 5.80. The summed E-state index contributed by atoms with van der Waals surface area (Å²) in [4.78, 5) is 3.68. The summed E-state index contributed by atoms with van der Waals surface area (Å²) >= 11 is 0. The molecule has 0 saturated heterocycles. The van der Waals surface area contributed by atoms with Gasteiger partial charge in [-0.3, -0.25) is 0 Å². The first-order valence-electron chi connectivity index (χ1n) is 3.88. The van der Waals surface area contributed by atoms with Gasteiger partial charge in [-0.1, -0.05) is 13.3 Å². The summed E-state index contributed by atoms with van der Waals surface area (Å²) in [5.41, 5.74) is 0. The van der Waals surface area contributed by atoms with Crippen LogP contribution in [0.2, 0.25) is 0 Å². The molecule has 0 atom stereocenters. The standard InChI is InChI=1S/C7H12N2O2S/c1-2-3-6-12(10,11)9-5-4-8-7-9/h4-5,7H,2-3,6H2,1H3. The van der Waals surface area contributed by atoms with Gasteiger partial charge in [0.2, 0.25) is 10.0 Å². The summed E-state index contributed by atoms with van der Waals surface area (Å²) < 4.78 is 23.9. The van der Waals surface area contributed by atoms with E-state index < -0.39 is 10.0 Å². The molecule has 0 aliphatic heterocycles. The molecular weight excluding hydrogens is 176 g/mol. The van der Waals surface area contributed by atoms with Crippen LogP contribution in [-0.4, -0.2) is 23.1 Å². The number of unbranched alkanes of at least 4 members (excludes halogenated alkanes) is 1. The van der Waals surface area contributed by atoms with Gasteiger partial charge in [-0.2, -0.15) is 0 Å². The average molecular weight is 188 g/mol. The lowest BCUT2D eigenvalue weighted by Gasteiger charge is -2.02. The van der Waals surface area contributed by atoms with Gasteiger partial charge in [0.1, 0.15) is 6.33 Å². The van der Waals surface area contributed by atoms with Crippen LogP contribution in [-0.2, 0) is 10.0 Å². The van der Waals surface area contributed by atoms with Gasteiger partial charge in [0.25, 0.3) is 0 Å². The zero-order chi connectivity index (χ0) is 9.03. The minimum absolute atomic E-state index is 0.194. The van der Waals surface area contributed by atoms with Crippen molar-refractivity contribution in [1.29, 1.82) is 0 Å². The van der Waals surface area contributed by atoms with E-state index in [0.717, 1.165) is 10.4 Å². The second-order valence-electron chi connectivity index (χ2n) is 2.56. The second kappa shape index (κ2) is 3.71. The van der Waals surface area contributed by atoms with Crippen molar-refractivity contribution in [3.63, 3.8) is 0 Å². The Balaban J connectivity index is 2.74. The molecule has 68 valence electrons. The van der Waals surface area contributed by atoms with Crippen LogP contribution in [0.15, 0.2) is 18.7 Å². The first-order valence-corrected chi connectivity index (χ1v) is 5.49. The molecule has 1 rings (SSSR count). The molecule has 1 heterocycles. The lowest BCUT2D eigenvalue weighted by Crippen LogP contribution is -2.14. The Morgan fingerprint density at radius 3 is 2.75 bits per heavy atom. The maximum absolute atomic E-state index is 11.4. The Hall–Kier alpha value is -0.840. The Morgan fingerprint density at radius 2 is 2.25 bits per heavy atom. The van der Waals surface area contributed by atoms with Gasteiger partial charge in [0.05, 0.1) is 5.75 Å². The van der Waals surface area contributed by atoms with Crippen LogP contribution in [0.3, 0.4) is 0 Å². The molecule has 1 aromatic rings. The van der Waals surface area contributed by atoms with Crippen LogP contribution >= 0.6 is 0 Å². The second-order valence-corrected chi connectivity index (χ2v) is 4.56. The van der Waals surface area contributed by atoms with E-state index in [9.17, 15) is 8.42 Å². The highest BCUT2D eigenvalue weighted by Gasteiger charge is 2.10. The van der Waals surface area contributed by atoms with Gasteiger partial charge in [0, 0.05) is 12.4 Å². The smallest absolute Gasteiger partial charge is 0.239 e. The zero-order valence-electron chi connectivity index (χ0n) is 6.97. The third-order valence-electron chi connectivity index (χ3n) is 1.56. The van der Waals surface area contributed by atoms with Crippen molar-refractivity contribution >= 4 is 10.0 Å². The Kier molecular flexibility index (Phi) is 2.86. The molecule has 0 saturated carbocycles. The molecule has 12 heavy (non-hydrogen) atoms. The maximum Gasteiger partial charge on any atom is 0.239 e. The van der Waals surface area contributed by atoms with E-state index in [-0.39, 0.29) is 5.75 Å². The Morgan fingerprint density at radius 1 is 1.50 bits per heavy atom. The van der Waals surface area contributed by atoms with Gasteiger partial charge in [0.15, 0.2) is 0 Å². The fourth-order valence-electron chi connectivity index (χ4n) is 0.844. The van der Waals surface area contributed by atoms with Crippen molar-refractivity contribution in [3.8, 4) is 0 Å². The van der Waals surface area contributed by atoms with Crippen molar-refractivity contribution in [1.82, 2.24) is 8.96 Å². The maximum atomic E-state index is 11.4. The minimum Gasteiger partial charge on any atom is -0.244 e. The summed E-state index contributed by atoms with van der Waals surface area (Å²) in [6.45, 7) is 1.96. The number of imidazole rings is 1. The van der Waals surface area contributed by atoms with Crippen LogP contribution in [0, 0.1) is 0 Å². The van der Waals surface area contributed by atoms with Crippen LogP contribution in [0.5, 0.6) is 0 Å². The first kappa shape index (κ1) is 9.25. The lowest BCUT2D eigenvalue weighted by atomic mass is 10.4. The quantitative estimate of drug-likeness (QED) is 0.704. The van der Waals surface area contributed by atoms with Crippen molar-refractivity contribution in [2.24, 2.45) is 0 Å². The molecule has 4 nitrogen and oxygen atoms in total. The van der Waals surface area contributed by atoms with E-state index in [4.69, 9.17) is 0 Å². The van der Waals surface area contributed by atoms with Gasteiger partial charge >= 0.3 is 0 Å². The highest BCUT2D eigenvalue weighted by atomic mass is 32.2. The normalized spacial score (nSPS) is 11.8. The number of hydrogen-bond acceptors (Lipinski definition) is 3. The fourth-order valence-corrected chi connectivity index (χ4v) is 2.15. The third-order valence-corrected chi connectivity index (χ3v) is 3.22. The van der Waals surface area contributed by atoms with Crippen molar-refractivity contribution in [2.45, 2.75) is 19.8 Å². The number of rotatable bonds is 4. The zero-order valence-corrected chi connectivity index (χ0v) is 7.79. The molecule has 0 aliphatic rings. The van der Waals surface area contributed by atoms with Gasteiger partial charge in [-0.25, -0.2) is 17.4 Å². The average Bonchev–Trinajstić information content (AvgIpc) is 2.53. The van der Waals surface area contributed by atoms with Gasteiger partial charge in [-0.05, 0) is 6.42 Å². The molecule has 0 radical (unpaired) electrons. The van der Waals surface area contributed by atoms with E-state index in [1.54, 1.807) is 0 Å². The predicted molar refractivity (Wildman–Crippen MR) is 46.3 cm³/mol. The highest BCUT2D eigenvalue weighted by Crippen LogP contribution is 2.00. The van der Waals surface area contributed by atoms with Crippen molar-refractivity contribution < 1.29 is 8.42 Å². The summed E-state index contributed by atoms with van der Waals surface area (Å²) in [7, 11) is -3.12. The van der Waals surface area contributed by atoms with E-state index in [1.807, 2.05) is 6.92 Å². The first-order chi connectivity index (χ1) is 5.67. The van der Waals surface area contributed by atoms with E-state index in [0.29, 0.717) is 6.42 Å². The Labute approximate surface area is 72.3 Å². The van der Waals surface area contributed by atoms with Crippen molar-refractivity contribution in [2.75, 3.05) is 5.75 Å². The van der Waals surface area contributed by atoms with E-state index in [1.165, 1.54) is 18.7 Å². The molecule has 0 fully saturated rings. The molecular formula is C7H12N2O2S. The largest absolute Gasteiger partial charge is 0.244 e. The molecule has 1 aromatic heterocycles. The molecule has 5 heteroatoms. The van der Waals surface area contributed by atoms with Crippen LogP contribution < -0.4 is 0 Å². The molecule has 0 aliphatic carbocycles. The van der Waals surface area contributed by atoms with Crippen molar-refractivity contribution in [3.05, 3.63) is 18.7 Å². The molecule has 0 bridgehead atoms. The van der Waals surface area contributed by atoms with Crippen LogP contribution in [0.1, 0.15) is 19.8 Å². The predicted octanol–water partition coefficient (Wildman–Crippen LogP) is 0.861. The lowest BCUT2D eigenvalue weighted by molar-refractivity contribution is 0.584. The summed E-state index contributed by atoms with van der Waals surface area (Å²) in [5.74, 6) is 0.194. The molecule has 0 aromatic carbocycles. The number of nitrogens with zero attached hydrogens (tertiary/aromatic N) is 2. The topological polar surface area (TPSA) is 52.0 Å². The monoisotopic (exact) mass is 188 g/mol. The van der Waals surface area contributed by atoms with Gasteiger partial charge in [-0.15, -0.1) is 0 Å². The number of aromatic nitrogens is 2. The fraction of sp³-hybridized carbons (Fsp3) is 0.571. The summed E-state index contributed by atoms with van der Waals surface area (Å²) in [6, 6.07) is 0. The summed E-state index contributed by atoms with van der Waals surface area (Å²) in [5, 5.41) is 0. The SMILES string of the molecule is CCCCS(=O)(=O)n1ccnc1. The molecule has 0 spiro atoms. The van der Waals surface area contributed by atoms with Crippen LogP contribution in [0.25, 0.3) is 0 Å². The van der Waals surface area contributed by atoms with E-state index in [2.05, 4.69) is 4.98 Å². The molecule has 0 unspecified atom stereocenters. The molecule has 0 amide bonds. The highest BCUT2D eigenvalue weighted by molar-refractivity contribution is 7.89. The Bertz CT molecular complexity index is 315. The van der Waals surface area contributed by atoms with E-state index >= 15 is 0 Å².